The summed E-state index contributed by atoms with van der Waals surface area (Å²) >= 11 is 1.83. The molecule has 1 N–H and O–H groups in total. The lowest BCUT2D eigenvalue weighted by atomic mass is 10.1. The van der Waals surface area contributed by atoms with E-state index in [1.54, 1.807) is 16.4 Å². The minimum atomic E-state index is -3.49. The van der Waals surface area contributed by atoms with Crippen LogP contribution in [0.4, 0.5) is 0 Å². The zero-order chi connectivity index (χ0) is 15.6. The summed E-state index contributed by atoms with van der Waals surface area (Å²) in [6, 6.07) is 5.21. The highest BCUT2D eigenvalue weighted by atomic mass is 32.2. The summed E-state index contributed by atoms with van der Waals surface area (Å²) < 4.78 is 27.5. The van der Waals surface area contributed by atoms with Crippen molar-refractivity contribution in [1.82, 2.24) is 4.31 Å². The molecule has 0 saturated carbocycles. The van der Waals surface area contributed by atoms with Crippen LogP contribution in [0.3, 0.4) is 0 Å². The van der Waals surface area contributed by atoms with Gasteiger partial charge < -0.3 is 5.11 Å². The van der Waals surface area contributed by atoms with Crippen molar-refractivity contribution in [3.8, 4) is 0 Å². The second kappa shape index (κ2) is 6.69. The maximum absolute atomic E-state index is 13.0. The van der Waals surface area contributed by atoms with Gasteiger partial charge in [0, 0.05) is 23.6 Å². The van der Waals surface area contributed by atoms with E-state index in [1.807, 2.05) is 24.8 Å². The van der Waals surface area contributed by atoms with E-state index in [9.17, 15) is 13.5 Å². The molecule has 2 rings (SSSR count). The quantitative estimate of drug-likeness (QED) is 0.920. The van der Waals surface area contributed by atoms with Crippen LogP contribution in [0.2, 0.25) is 0 Å². The maximum Gasteiger partial charge on any atom is 0.243 e. The van der Waals surface area contributed by atoms with Crippen molar-refractivity contribution >= 4 is 21.8 Å². The number of aliphatic hydroxyl groups is 1. The highest BCUT2D eigenvalue weighted by Crippen LogP contribution is 2.30. The van der Waals surface area contributed by atoms with Gasteiger partial charge in [-0.25, -0.2) is 8.42 Å². The van der Waals surface area contributed by atoms with Crippen LogP contribution < -0.4 is 0 Å². The van der Waals surface area contributed by atoms with Gasteiger partial charge in [0.2, 0.25) is 10.0 Å². The average Bonchev–Trinajstić information content (AvgIpc) is 2.45. The van der Waals surface area contributed by atoms with Gasteiger partial charge >= 0.3 is 0 Å². The molecule has 2 atom stereocenters. The molecule has 0 amide bonds. The molecular weight excluding hydrogens is 306 g/mol. The number of hydrogen-bond donors (Lipinski definition) is 1. The first-order chi connectivity index (χ1) is 9.88. The van der Waals surface area contributed by atoms with Crippen molar-refractivity contribution in [2.75, 3.05) is 13.1 Å². The predicted octanol–water partition coefficient (Wildman–Crippen LogP) is 2.26. The van der Waals surface area contributed by atoms with E-state index in [1.165, 1.54) is 0 Å². The number of thioether (sulfide) groups is 1. The Labute approximate surface area is 131 Å². The molecule has 1 aromatic carbocycles. The lowest BCUT2D eigenvalue weighted by Crippen LogP contribution is -2.44. The molecule has 21 heavy (non-hydrogen) atoms. The summed E-state index contributed by atoms with van der Waals surface area (Å²) in [6.07, 6.45) is 0.661. The first kappa shape index (κ1) is 16.8. The molecule has 4 nitrogen and oxygen atoms in total. The average molecular weight is 329 g/mol. The van der Waals surface area contributed by atoms with Crippen LogP contribution in [0.25, 0.3) is 0 Å². The minimum Gasteiger partial charge on any atom is -0.392 e. The number of sulfonamides is 1. The summed E-state index contributed by atoms with van der Waals surface area (Å²) in [5.41, 5.74) is 1.45. The Kier molecular flexibility index (Phi) is 5.35. The largest absolute Gasteiger partial charge is 0.392 e. The van der Waals surface area contributed by atoms with E-state index in [0.717, 1.165) is 5.56 Å². The van der Waals surface area contributed by atoms with E-state index in [0.29, 0.717) is 40.5 Å². The topological polar surface area (TPSA) is 57.6 Å². The van der Waals surface area contributed by atoms with Crippen molar-refractivity contribution in [2.24, 2.45) is 0 Å². The lowest BCUT2D eigenvalue weighted by molar-refractivity contribution is 0.281. The predicted molar refractivity (Wildman–Crippen MR) is 87.0 cm³/mol. The zero-order valence-corrected chi connectivity index (χ0v) is 14.4. The van der Waals surface area contributed by atoms with E-state index in [2.05, 4.69) is 13.8 Å². The monoisotopic (exact) mass is 329 g/mol. The SMILES string of the molecule is CCc1ccc(CO)cc1S(=O)(=O)N1CC(C)SC(C)C1. The third-order valence-electron chi connectivity index (χ3n) is 3.70. The van der Waals surface area contributed by atoms with Crippen molar-refractivity contribution in [3.63, 3.8) is 0 Å². The molecule has 1 aliphatic heterocycles. The number of aliphatic hydroxyl groups excluding tert-OH is 1. The molecule has 2 unspecified atom stereocenters. The summed E-state index contributed by atoms with van der Waals surface area (Å²) in [5, 5.41) is 9.88. The Hall–Kier alpha value is -0.560. The standard InChI is InChI=1S/C15H23NO3S2/c1-4-14-6-5-13(10-17)7-15(14)21(18,19)16-8-11(2)20-12(3)9-16/h5-7,11-12,17H,4,8-10H2,1-3H3. The number of hydrogen-bond acceptors (Lipinski definition) is 4. The first-order valence-electron chi connectivity index (χ1n) is 7.26. The molecule has 1 saturated heterocycles. The van der Waals surface area contributed by atoms with E-state index < -0.39 is 10.0 Å². The Balaban J connectivity index is 2.43. The van der Waals surface area contributed by atoms with E-state index in [4.69, 9.17) is 0 Å². The normalized spacial score (nSPS) is 24.2. The van der Waals surface area contributed by atoms with Crippen molar-refractivity contribution < 1.29 is 13.5 Å². The zero-order valence-electron chi connectivity index (χ0n) is 12.7. The summed E-state index contributed by atoms with van der Waals surface area (Å²) in [5.74, 6) is 0. The summed E-state index contributed by atoms with van der Waals surface area (Å²) in [6.45, 7) is 7.02. The fourth-order valence-electron chi connectivity index (χ4n) is 2.70. The first-order valence-corrected chi connectivity index (χ1v) is 9.65. The molecule has 1 aromatic rings. The molecule has 0 spiro atoms. The van der Waals surface area contributed by atoms with Gasteiger partial charge in [0.15, 0.2) is 0 Å². The summed E-state index contributed by atoms with van der Waals surface area (Å²) in [7, 11) is -3.49. The second-order valence-electron chi connectivity index (χ2n) is 5.53. The van der Waals surface area contributed by atoms with Crippen molar-refractivity contribution in [2.45, 2.75) is 49.2 Å². The van der Waals surface area contributed by atoms with Gasteiger partial charge in [0.1, 0.15) is 0 Å². The fourth-order valence-corrected chi connectivity index (χ4v) is 6.17. The third-order valence-corrected chi connectivity index (χ3v) is 6.84. The highest BCUT2D eigenvalue weighted by Gasteiger charge is 2.33. The summed E-state index contributed by atoms with van der Waals surface area (Å²) in [4.78, 5) is 0.350. The number of benzene rings is 1. The van der Waals surface area contributed by atoms with Gasteiger partial charge in [0.25, 0.3) is 0 Å². The van der Waals surface area contributed by atoms with E-state index in [-0.39, 0.29) is 6.61 Å². The van der Waals surface area contributed by atoms with Gasteiger partial charge in [-0.1, -0.05) is 32.9 Å². The van der Waals surface area contributed by atoms with Crippen LogP contribution >= 0.6 is 11.8 Å². The van der Waals surface area contributed by atoms with Gasteiger partial charge in [-0.15, -0.1) is 0 Å². The van der Waals surface area contributed by atoms with E-state index >= 15 is 0 Å². The van der Waals surface area contributed by atoms with Gasteiger partial charge in [-0.05, 0) is 23.6 Å². The Morgan fingerprint density at radius 2 is 1.90 bits per heavy atom. The Morgan fingerprint density at radius 1 is 1.29 bits per heavy atom. The molecule has 118 valence electrons. The molecule has 6 heteroatoms. The number of aryl methyl sites for hydroxylation is 1. The minimum absolute atomic E-state index is 0.144. The van der Waals surface area contributed by atoms with Crippen LogP contribution in [0, 0.1) is 0 Å². The fraction of sp³-hybridized carbons (Fsp3) is 0.600. The smallest absolute Gasteiger partial charge is 0.243 e. The van der Waals surface area contributed by atoms with Gasteiger partial charge in [-0.2, -0.15) is 16.1 Å². The number of rotatable bonds is 4. The maximum atomic E-state index is 13.0. The van der Waals surface area contributed by atoms with Crippen LogP contribution in [-0.4, -0.2) is 41.4 Å². The molecular formula is C15H23NO3S2. The van der Waals surface area contributed by atoms with Crippen LogP contribution in [-0.2, 0) is 23.1 Å². The van der Waals surface area contributed by atoms with Crippen molar-refractivity contribution in [3.05, 3.63) is 29.3 Å². The molecule has 0 aliphatic carbocycles. The second-order valence-corrected chi connectivity index (χ2v) is 9.32. The van der Waals surface area contributed by atoms with Gasteiger partial charge in [0.05, 0.1) is 11.5 Å². The van der Waals surface area contributed by atoms with Crippen LogP contribution in [0.1, 0.15) is 31.9 Å². The Morgan fingerprint density at radius 3 is 2.43 bits per heavy atom. The highest BCUT2D eigenvalue weighted by molar-refractivity contribution is 8.00. The van der Waals surface area contributed by atoms with Gasteiger partial charge in [-0.3, -0.25) is 0 Å². The number of nitrogens with zero attached hydrogens (tertiary/aromatic N) is 1. The van der Waals surface area contributed by atoms with Crippen molar-refractivity contribution in [1.29, 1.82) is 0 Å². The Bertz CT molecular complexity index is 591. The molecule has 1 fully saturated rings. The molecule has 1 aliphatic rings. The molecule has 0 aromatic heterocycles. The lowest BCUT2D eigenvalue weighted by Gasteiger charge is -2.34. The van der Waals surface area contributed by atoms with Crippen LogP contribution in [0.5, 0.6) is 0 Å². The third kappa shape index (κ3) is 3.62. The van der Waals surface area contributed by atoms with Crippen LogP contribution in [0.15, 0.2) is 23.1 Å². The molecule has 0 radical (unpaired) electrons. The molecule has 0 bridgehead atoms. The molecule has 1 heterocycles.